The van der Waals surface area contributed by atoms with Gasteiger partial charge in [-0.1, -0.05) is 13.8 Å². The number of nitrogens with one attached hydrogen (secondary N) is 1. The summed E-state index contributed by atoms with van der Waals surface area (Å²) < 4.78 is 4.65. The zero-order valence-corrected chi connectivity index (χ0v) is 8.42. The highest BCUT2D eigenvalue weighted by Gasteiger charge is 2.16. The molecule has 0 rings (SSSR count). The molecule has 0 aliphatic carbocycles. The van der Waals surface area contributed by atoms with Crippen LogP contribution >= 0.6 is 0 Å². The molecule has 0 fully saturated rings. The molecule has 0 spiro atoms. The lowest BCUT2D eigenvalue weighted by Gasteiger charge is -2.16. The van der Waals surface area contributed by atoms with Gasteiger partial charge in [-0.25, -0.2) is 4.79 Å². The predicted octanol–water partition coefficient (Wildman–Crippen LogP) is 1.35. The maximum Gasteiger partial charge on any atom is 0.407 e. The second-order valence-electron chi connectivity index (χ2n) is 3.50. The molecular formula is C9H17NO3. The van der Waals surface area contributed by atoms with E-state index in [0.29, 0.717) is 19.6 Å². The number of alkyl carbamates (subject to hydrolysis) is 1. The van der Waals surface area contributed by atoms with Crippen molar-refractivity contribution in [3.8, 4) is 0 Å². The topological polar surface area (TPSA) is 55.4 Å². The molecule has 0 saturated heterocycles. The SMILES string of the molecule is CCOC(=O)NCCC(C)(C)C=O. The van der Waals surface area contributed by atoms with Gasteiger partial charge in [-0.05, 0) is 13.3 Å². The summed E-state index contributed by atoms with van der Waals surface area (Å²) in [6.45, 7) is 6.22. The molecule has 0 bridgehead atoms. The fourth-order valence-corrected chi connectivity index (χ4v) is 0.728. The molecule has 0 aliphatic heterocycles. The summed E-state index contributed by atoms with van der Waals surface area (Å²) in [5.41, 5.74) is -0.376. The zero-order valence-electron chi connectivity index (χ0n) is 8.42. The third-order valence-electron chi connectivity index (χ3n) is 1.63. The fourth-order valence-electron chi connectivity index (χ4n) is 0.728. The molecule has 4 heteroatoms. The van der Waals surface area contributed by atoms with E-state index in [1.165, 1.54) is 0 Å². The molecule has 0 aromatic carbocycles. The minimum absolute atomic E-state index is 0.364. The molecule has 0 saturated carbocycles. The first-order valence-corrected chi connectivity index (χ1v) is 4.39. The van der Waals surface area contributed by atoms with Gasteiger partial charge < -0.3 is 14.8 Å². The van der Waals surface area contributed by atoms with Crippen LogP contribution in [0.2, 0.25) is 0 Å². The summed E-state index contributed by atoms with van der Waals surface area (Å²) in [4.78, 5) is 21.3. The van der Waals surface area contributed by atoms with E-state index in [2.05, 4.69) is 10.1 Å². The summed E-state index contributed by atoms with van der Waals surface area (Å²) in [7, 11) is 0. The van der Waals surface area contributed by atoms with E-state index in [-0.39, 0.29) is 5.41 Å². The highest BCUT2D eigenvalue weighted by molar-refractivity contribution is 5.67. The van der Waals surface area contributed by atoms with Gasteiger partial charge >= 0.3 is 6.09 Å². The Morgan fingerprint density at radius 1 is 1.54 bits per heavy atom. The first-order valence-electron chi connectivity index (χ1n) is 4.39. The van der Waals surface area contributed by atoms with Gasteiger partial charge in [-0.2, -0.15) is 0 Å². The number of amides is 1. The van der Waals surface area contributed by atoms with E-state index in [0.717, 1.165) is 6.29 Å². The molecule has 13 heavy (non-hydrogen) atoms. The summed E-state index contributed by atoms with van der Waals surface area (Å²) in [5.74, 6) is 0. The van der Waals surface area contributed by atoms with Crippen LogP contribution in [0.4, 0.5) is 4.79 Å². The van der Waals surface area contributed by atoms with Crippen molar-refractivity contribution in [2.24, 2.45) is 5.41 Å². The van der Waals surface area contributed by atoms with E-state index in [1.54, 1.807) is 6.92 Å². The highest BCUT2D eigenvalue weighted by Crippen LogP contribution is 2.14. The number of carbonyl (C=O) groups excluding carboxylic acids is 2. The third-order valence-corrected chi connectivity index (χ3v) is 1.63. The molecule has 1 amide bonds. The molecule has 76 valence electrons. The van der Waals surface area contributed by atoms with Crippen LogP contribution in [-0.2, 0) is 9.53 Å². The molecule has 0 aromatic heterocycles. The Labute approximate surface area is 78.6 Å². The maximum atomic E-state index is 10.8. The monoisotopic (exact) mass is 187 g/mol. The molecule has 0 atom stereocenters. The molecular weight excluding hydrogens is 170 g/mol. The van der Waals surface area contributed by atoms with Gasteiger partial charge in [0.15, 0.2) is 0 Å². The second kappa shape index (κ2) is 5.56. The number of hydrogen-bond donors (Lipinski definition) is 1. The van der Waals surface area contributed by atoms with Crippen LogP contribution in [0.1, 0.15) is 27.2 Å². The normalized spacial score (nSPS) is 10.7. The summed E-state index contributed by atoms with van der Waals surface area (Å²) in [6, 6.07) is 0. The van der Waals surface area contributed by atoms with Crippen LogP contribution < -0.4 is 5.32 Å². The average molecular weight is 187 g/mol. The number of hydrogen-bond acceptors (Lipinski definition) is 3. The van der Waals surface area contributed by atoms with E-state index in [9.17, 15) is 9.59 Å². The van der Waals surface area contributed by atoms with Crippen LogP contribution in [0.15, 0.2) is 0 Å². The van der Waals surface area contributed by atoms with E-state index < -0.39 is 6.09 Å². The number of carbonyl (C=O) groups is 2. The van der Waals surface area contributed by atoms with Crippen molar-refractivity contribution in [3.63, 3.8) is 0 Å². The van der Waals surface area contributed by atoms with Crippen molar-refractivity contribution in [3.05, 3.63) is 0 Å². The lowest BCUT2D eigenvalue weighted by molar-refractivity contribution is -0.114. The summed E-state index contributed by atoms with van der Waals surface area (Å²) in [5, 5.41) is 2.55. The van der Waals surface area contributed by atoms with Crippen LogP contribution in [0, 0.1) is 5.41 Å². The third kappa shape index (κ3) is 6.13. The van der Waals surface area contributed by atoms with Gasteiger partial charge in [-0.15, -0.1) is 0 Å². The van der Waals surface area contributed by atoms with Gasteiger partial charge in [0.2, 0.25) is 0 Å². The smallest absolute Gasteiger partial charge is 0.407 e. The van der Waals surface area contributed by atoms with Crippen molar-refractivity contribution >= 4 is 12.4 Å². The number of rotatable bonds is 5. The average Bonchev–Trinajstić information content (AvgIpc) is 2.05. The van der Waals surface area contributed by atoms with Crippen LogP contribution in [0.5, 0.6) is 0 Å². The quantitative estimate of drug-likeness (QED) is 0.661. The van der Waals surface area contributed by atoms with Crippen molar-refractivity contribution in [2.45, 2.75) is 27.2 Å². The minimum Gasteiger partial charge on any atom is -0.450 e. The molecule has 4 nitrogen and oxygen atoms in total. The molecule has 0 heterocycles. The van der Waals surface area contributed by atoms with E-state index in [1.807, 2.05) is 13.8 Å². The first-order chi connectivity index (χ1) is 6.02. The number of ether oxygens (including phenoxy) is 1. The second-order valence-corrected chi connectivity index (χ2v) is 3.50. The Balaban J connectivity index is 3.55. The Kier molecular flexibility index (Phi) is 5.11. The molecule has 1 N–H and O–H groups in total. The lowest BCUT2D eigenvalue weighted by Crippen LogP contribution is -2.29. The molecule has 0 unspecified atom stereocenters. The Morgan fingerprint density at radius 2 is 2.15 bits per heavy atom. The first kappa shape index (κ1) is 11.9. The lowest BCUT2D eigenvalue weighted by atomic mass is 9.92. The van der Waals surface area contributed by atoms with E-state index >= 15 is 0 Å². The summed E-state index contributed by atoms with van der Waals surface area (Å²) in [6.07, 6.45) is 1.08. The zero-order chi connectivity index (χ0) is 10.3. The molecule has 0 aromatic rings. The van der Waals surface area contributed by atoms with Crippen molar-refractivity contribution < 1.29 is 14.3 Å². The highest BCUT2D eigenvalue weighted by atomic mass is 16.5. The van der Waals surface area contributed by atoms with Gasteiger partial charge in [-0.3, -0.25) is 0 Å². The van der Waals surface area contributed by atoms with Gasteiger partial charge in [0, 0.05) is 12.0 Å². The standard InChI is InChI=1S/C9H17NO3/c1-4-13-8(12)10-6-5-9(2,3)7-11/h7H,4-6H2,1-3H3,(H,10,12). The summed E-state index contributed by atoms with van der Waals surface area (Å²) >= 11 is 0. The van der Waals surface area contributed by atoms with Crippen molar-refractivity contribution in [1.82, 2.24) is 5.32 Å². The Morgan fingerprint density at radius 3 is 2.62 bits per heavy atom. The fraction of sp³-hybridized carbons (Fsp3) is 0.778. The Bertz CT molecular complexity index is 178. The number of aldehydes is 1. The van der Waals surface area contributed by atoms with E-state index in [4.69, 9.17) is 0 Å². The van der Waals surface area contributed by atoms with Crippen LogP contribution in [0.3, 0.4) is 0 Å². The minimum atomic E-state index is -0.427. The van der Waals surface area contributed by atoms with Crippen molar-refractivity contribution in [2.75, 3.05) is 13.2 Å². The molecule has 0 radical (unpaired) electrons. The Hall–Kier alpha value is -1.06. The van der Waals surface area contributed by atoms with Crippen LogP contribution in [0.25, 0.3) is 0 Å². The van der Waals surface area contributed by atoms with Crippen molar-refractivity contribution in [1.29, 1.82) is 0 Å². The maximum absolute atomic E-state index is 10.8. The van der Waals surface area contributed by atoms with Crippen LogP contribution in [-0.4, -0.2) is 25.5 Å². The van der Waals surface area contributed by atoms with Gasteiger partial charge in [0.25, 0.3) is 0 Å². The molecule has 0 aliphatic rings. The predicted molar refractivity (Wildman–Crippen MR) is 49.5 cm³/mol. The van der Waals surface area contributed by atoms with Gasteiger partial charge in [0.1, 0.15) is 6.29 Å². The van der Waals surface area contributed by atoms with Gasteiger partial charge in [0.05, 0.1) is 6.61 Å². The largest absolute Gasteiger partial charge is 0.450 e.